The van der Waals surface area contributed by atoms with Gasteiger partial charge < -0.3 is 20.3 Å². The van der Waals surface area contributed by atoms with Crippen molar-refractivity contribution in [3.8, 4) is 5.75 Å². The van der Waals surface area contributed by atoms with Crippen molar-refractivity contribution in [2.24, 2.45) is 0 Å². The van der Waals surface area contributed by atoms with E-state index in [4.69, 9.17) is 4.74 Å². The van der Waals surface area contributed by atoms with Gasteiger partial charge in [-0.3, -0.25) is 5.32 Å². The zero-order valence-electron chi connectivity index (χ0n) is 20.8. The average molecular weight is 516 g/mol. The van der Waals surface area contributed by atoms with Crippen LogP contribution >= 0.6 is 11.3 Å². The summed E-state index contributed by atoms with van der Waals surface area (Å²) in [6.07, 6.45) is 0. The van der Waals surface area contributed by atoms with Gasteiger partial charge in [-0.1, -0.05) is 26.0 Å². The van der Waals surface area contributed by atoms with Gasteiger partial charge in [0, 0.05) is 48.6 Å². The molecule has 0 radical (unpaired) electrons. The van der Waals surface area contributed by atoms with Crippen molar-refractivity contribution in [2.45, 2.75) is 32.2 Å². The molecular formula is C26H31F2N5O2S. The Balaban J connectivity index is 1.41. The highest BCUT2D eigenvalue weighted by Gasteiger charge is 2.27. The number of hydrogen-bond donors (Lipinski definition) is 3. The number of urea groups is 1. The van der Waals surface area contributed by atoms with Crippen LogP contribution in [0.15, 0.2) is 41.8 Å². The van der Waals surface area contributed by atoms with Crippen molar-refractivity contribution < 1.29 is 18.3 Å². The Bertz CT molecular complexity index is 1210. The highest BCUT2D eigenvalue weighted by atomic mass is 32.1. The van der Waals surface area contributed by atoms with Crippen molar-refractivity contribution in [3.63, 3.8) is 0 Å². The number of rotatable bonds is 7. The second kappa shape index (κ2) is 10.8. The van der Waals surface area contributed by atoms with Crippen molar-refractivity contribution in [3.05, 3.63) is 70.2 Å². The van der Waals surface area contributed by atoms with E-state index in [9.17, 15) is 13.6 Å². The highest BCUT2D eigenvalue weighted by molar-refractivity contribution is 7.13. The Kier molecular flexibility index (Phi) is 7.75. The summed E-state index contributed by atoms with van der Waals surface area (Å²) in [7, 11) is 1.62. The first-order chi connectivity index (χ1) is 17.2. The number of piperazine rings is 1. The molecule has 10 heteroatoms. The number of anilines is 2. The van der Waals surface area contributed by atoms with Gasteiger partial charge in [0.1, 0.15) is 17.4 Å². The van der Waals surface area contributed by atoms with Crippen LogP contribution in [-0.2, 0) is 5.41 Å². The largest absolute Gasteiger partial charge is 0.497 e. The number of aromatic nitrogens is 1. The van der Waals surface area contributed by atoms with Gasteiger partial charge in [0.15, 0.2) is 5.13 Å². The zero-order chi connectivity index (χ0) is 25.9. The van der Waals surface area contributed by atoms with E-state index in [-0.39, 0.29) is 16.7 Å². The third-order valence-corrected chi connectivity index (χ3v) is 7.27. The molecule has 2 amide bonds. The molecule has 0 saturated carbocycles. The second-order valence-corrected chi connectivity index (χ2v) is 10.1. The van der Waals surface area contributed by atoms with Gasteiger partial charge in [-0.25, -0.2) is 18.6 Å². The van der Waals surface area contributed by atoms with Crippen LogP contribution in [0.2, 0.25) is 0 Å². The quantitative estimate of drug-likeness (QED) is 0.411. The number of benzene rings is 2. The summed E-state index contributed by atoms with van der Waals surface area (Å²) in [5.41, 5.74) is 1.79. The molecule has 0 spiro atoms. The van der Waals surface area contributed by atoms with Crippen molar-refractivity contribution in [2.75, 3.05) is 43.5 Å². The van der Waals surface area contributed by atoms with E-state index in [1.54, 1.807) is 14.0 Å². The standard InChI is InChI=1S/C26H31F2N5O2S/c1-16(19-13-21(28)22(14-20(19)27)33-11-9-29-10-12-33)30-24(34)32-25-31-23(15-36-25)26(2,3)17-5-7-18(35-4)8-6-17/h5-8,13-16,29H,9-12H2,1-4H3,(H2,30,31,32,34). The number of halogens is 2. The summed E-state index contributed by atoms with van der Waals surface area (Å²) >= 11 is 1.30. The minimum atomic E-state index is -0.744. The van der Waals surface area contributed by atoms with Crippen molar-refractivity contribution in [1.29, 1.82) is 0 Å². The Labute approximate surface area is 213 Å². The summed E-state index contributed by atoms with van der Waals surface area (Å²) in [6, 6.07) is 8.85. The number of amides is 2. The molecule has 7 nitrogen and oxygen atoms in total. The maximum absolute atomic E-state index is 14.9. The molecule has 36 heavy (non-hydrogen) atoms. The molecule has 3 N–H and O–H groups in total. The van der Waals surface area contributed by atoms with E-state index in [0.29, 0.717) is 18.2 Å². The molecule has 192 valence electrons. The van der Waals surface area contributed by atoms with Crippen LogP contribution in [-0.4, -0.2) is 44.3 Å². The smallest absolute Gasteiger partial charge is 0.321 e. The normalized spacial score (nSPS) is 14.9. The molecule has 1 atom stereocenters. The van der Waals surface area contributed by atoms with E-state index in [1.165, 1.54) is 17.4 Å². The van der Waals surface area contributed by atoms with E-state index < -0.39 is 23.7 Å². The predicted molar refractivity (Wildman–Crippen MR) is 139 cm³/mol. The average Bonchev–Trinajstić information content (AvgIpc) is 3.34. The topological polar surface area (TPSA) is 78.5 Å². The maximum Gasteiger partial charge on any atom is 0.321 e. The van der Waals surface area contributed by atoms with E-state index in [2.05, 4.69) is 34.8 Å². The fourth-order valence-electron chi connectivity index (χ4n) is 4.21. The summed E-state index contributed by atoms with van der Waals surface area (Å²) < 4.78 is 34.9. The second-order valence-electron chi connectivity index (χ2n) is 9.27. The van der Waals surface area contributed by atoms with Gasteiger partial charge in [0.05, 0.1) is 24.5 Å². The molecule has 2 aromatic carbocycles. The first kappa shape index (κ1) is 25.8. The van der Waals surface area contributed by atoms with E-state index in [1.807, 2.05) is 34.5 Å². The van der Waals surface area contributed by atoms with E-state index >= 15 is 0 Å². The summed E-state index contributed by atoms with van der Waals surface area (Å²) in [5, 5.41) is 10.9. The summed E-state index contributed by atoms with van der Waals surface area (Å²) in [4.78, 5) is 19.0. The number of ether oxygens (including phenoxy) is 1. The van der Waals surface area contributed by atoms with Gasteiger partial charge >= 0.3 is 6.03 Å². The van der Waals surface area contributed by atoms with Gasteiger partial charge in [0.25, 0.3) is 0 Å². The fraction of sp³-hybridized carbons (Fsp3) is 0.385. The molecule has 0 bridgehead atoms. The number of carbonyl (C=O) groups is 1. The van der Waals surface area contributed by atoms with Crippen molar-refractivity contribution in [1.82, 2.24) is 15.6 Å². The van der Waals surface area contributed by atoms with Crippen LogP contribution in [0.1, 0.15) is 43.6 Å². The molecular weight excluding hydrogens is 484 g/mol. The molecule has 1 unspecified atom stereocenters. The number of methoxy groups -OCH3 is 1. The molecule has 1 fully saturated rings. The van der Waals surface area contributed by atoms with Gasteiger partial charge in [-0.15, -0.1) is 11.3 Å². The lowest BCUT2D eigenvalue weighted by atomic mass is 9.82. The molecule has 3 aromatic rings. The molecule has 1 aromatic heterocycles. The van der Waals surface area contributed by atoms with Crippen LogP contribution in [0, 0.1) is 11.6 Å². The van der Waals surface area contributed by atoms with Crippen LogP contribution in [0.4, 0.5) is 24.4 Å². The first-order valence-electron chi connectivity index (χ1n) is 11.8. The lowest BCUT2D eigenvalue weighted by molar-refractivity contribution is 0.249. The predicted octanol–water partition coefficient (Wildman–Crippen LogP) is 5.05. The Morgan fingerprint density at radius 1 is 1.17 bits per heavy atom. The van der Waals surface area contributed by atoms with E-state index in [0.717, 1.165) is 36.2 Å². The number of hydrogen-bond acceptors (Lipinski definition) is 6. The lowest BCUT2D eigenvalue weighted by Crippen LogP contribution is -2.44. The van der Waals surface area contributed by atoms with Gasteiger partial charge in [-0.05, 0) is 30.7 Å². The van der Waals surface area contributed by atoms with Gasteiger partial charge in [0.2, 0.25) is 0 Å². The molecule has 1 aliphatic heterocycles. The number of nitrogens with one attached hydrogen (secondary N) is 3. The number of nitrogens with zero attached hydrogens (tertiary/aromatic N) is 2. The maximum atomic E-state index is 14.9. The fourth-order valence-corrected chi connectivity index (χ4v) is 5.09. The minimum Gasteiger partial charge on any atom is -0.497 e. The van der Waals surface area contributed by atoms with Gasteiger partial charge in [-0.2, -0.15) is 0 Å². The lowest BCUT2D eigenvalue weighted by Gasteiger charge is -2.30. The summed E-state index contributed by atoms with van der Waals surface area (Å²) in [6.45, 7) is 8.37. The summed E-state index contributed by atoms with van der Waals surface area (Å²) in [5.74, 6) is -0.293. The molecule has 2 heterocycles. The monoisotopic (exact) mass is 515 g/mol. The third kappa shape index (κ3) is 5.60. The molecule has 1 saturated heterocycles. The third-order valence-electron chi connectivity index (χ3n) is 6.51. The molecule has 1 aliphatic rings. The van der Waals surface area contributed by atoms with Crippen LogP contribution in [0.3, 0.4) is 0 Å². The molecule has 0 aliphatic carbocycles. The number of thiazole rings is 1. The minimum absolute atomic E-state index is 0.0852. The highest BCUT2D eigenvalue weighted by Crippen LogP contribution is 2.34. The Morgan fingerprint density at radius 2 is 1.86 bits per heavy atom. The molecule has 4 rings (SSSR count). The van der Waals surface area contributed by atoms with Crippen LogP contribution < -0.4 is 25.6 Å². The SMILES string of the molecule is COc1ccc(C(C)(C)c2csc(NC(=O)NC(C)c3cc(F)c(N4CCNCC4)cc3F)n2)cc1. The van der Waals surface area contributed by atoms with Crippen molar-refractivity contribution >= 4 is 28.2 Å². The number of carbonyl (C=O) groups excluding carboxylic acids is 1. The van der Waals surface area contributed by atoms with Crippen LogP contribution in [0.5, 0.6) is 5.75 Å². The zero-order valence-corrected chi connectivity index (χ0v) is 21.6. The Hall–Kier alpha value is -3.24. The Morgan fingerprint density at radius 3 is 2.53 bits per heavy atom. The van der Waals surface area contributed by atoms with Crippen LogP contribution in [0.25, 0.3) is 0 Å². The first-order valence-corrected chi connectivity index (χ1v) is 12.7.